The molecule has 0 bridgehead atoms. The molecule has 0 radical (unpaired) electrons. The van der Waals surface area contributed by atoms with Crippen LogP contribution >= 0.6 is 23.2 Å². The molecule has 0 aliphatic rings. The van der Waals surface area contributed by atoms with Crippen molar-refractivity contribution < 1.29 is 14.3 Å². The van der Waals surface area contributed by atoms with Gasteiger partial charge in [0.05, 0.1) is 16.3 Å². The summed E-state index contributed by atoms with van der Waals surface area (Å²) in [5, 5.41) is 6.69. The van der Waals surface area contributed by atoms with Gasteiger partial charge >= 0.3 is 11.8 Å². The molecule has 6 nitrogen and oxygen atoms in total. The Balaban J connectivity index is 2.00. The first-order valence-corrected chi connectivity index (χ1v) is 8.54. The third-order valence-electron chi connectivity index (χ3n) is 3.17. The molecule has 0 aliphatic heterocycles. The molecule has 0 saturated heterocycles. The summed E-state index contributed by atoms with van der Waals surface area (Å²) in [4.78, 5) is 22.7. The lowest BCUT2D eigenvalue weighted by atomic mass is 10.2. The van der Waals surface area contributed by atoms with Crippen LogP contribution in [-0.2, 0) is 16.2 Å². The summed E-state index contributed by atoms with van der Waals surface area (Å²) in [7, 11) is 0. The van der Waals surface area contributed by atoms with E-state index in [2.05, 4.69) is 15.8 Å². The van der Waals surface area contributed by atoms with Gasteiger partial charge in [0.1, 0.15) is 6.61 Å². The highest BCUT2D eigenvalue weighted by Crippen LogP contribution is 2.34. The van der Waals surface area contributed by atoms with Crippen LogP contribution in [0.4, 0.5) is 0 Å². The van der Waals surface area contributed by atoms with Crippen LogP contribution in [0.3, 0.4) is 0 Å². The second kappa shape index (κ2) is 9.79. The highest BCUT2D eigenvalue weighted by molar-refractivity contribution is 6.37. The minimum atomic E-state index is -0.858. The van der Waals surface area contributed by atoms with Gasteiger partial charge in [0.2, 0.25) is 0 Å². The number of hydrogen-bond donors (Lipinski definition) is 2. The molecule has 0 fully saturated rings. The molecule has 8 heteroatoms. The molecule has 0 spiro atoms. The van der Waals surface area contributed by atoms with Crippen molar-refractivity contribution in [2.75, 3.05) is 6.54 Å². The van der Waals surface area contributed by atoms with E-state index in [1.54, 1.807) is 19.1 Å². The van der Waals surface area contributed by atoms with E-state index in [4.69, 9.17) is 27.9 Å². The van der Waals surface area contributed by atoms with E-state index in [1.807, 2.05) is 30.3 Å². The van der Waals surface area contributed by atoms with Gasteiger partial charge in [-0.3, -0.25) is 9.59 Å². The van der Waals surface area contributed by atoms with Crippen molar-refractivity contribution in [3.05, 3.63) is 63.6 Å². The minimum Gasteiger partial charge on any atom is -0.486 e. The van der Waals surface area contributed by atoms with Gasteiger partial charge in [-0.2, -0.15) is 5.10 Å². The molecule has 0 unspecified atom stereocenters. The van der Waals surface area contributed by atoms with E-state index < -0.39 is 11.8 Å². The number of carbonyl (C=O) groups excluding carboxylic acids is 2. The van der Waals surface area contributed by atoms with Crippen molar-refractivity contribution in [3.8, 4) is 5.75 Å². The summed E-state index contributed by atoms with van der Waals surface area (Å²) in [6.07, 6.45) is 1.33. The fraction of sp³-hybridized carbons (Fsp3) is 0.167. The number of carbonyl (C=O) groups is 2. The Kier molecular flexibility index (Phi) is 7.44. The van der Waals surface area contributed by atoms with Gasteiger partial charge in [0.15, 0.2) is 5.75 Å². The Morgan fingerprint density at radius 3 is 2.38 bits per heavy atom. The first-order valence-electron chi connectivity index (χ1n) is 7.78. The normalized spacial score (nSPS) is 10.6. The number of halogens is 2. The van der Waals surface area contributed by atoms with Gasteiger partial charge < -0.3 is 10.1 Å². The van der Waals surface area contributed by atoms with E-state index in [0.29, 0.717) is 34.5 Å². The summed E-state index contributed by atoms with van der Waals surface area (Å²) in [5.41, 5.74) is 3.65. The van der Waals surface area contributed by atoms with Crippen LogP contribution in [0.25, 0.3) is 0 Å². The van der Waals surface area contributed by atoms with Crippen molar-refractivity contribution in [1.82, 2.24) is 10.7 Å². The van der Waals surface area contributed by atoms with Gasteiger partial charge in [0, 0.05) is 6.54 Å². The zero-order valence-electron chi connectivity index (χ0n) is 14.0. The molecule has 0 heterocycles. The third-order valence-corrected chi connectivity index (χ3v) is 3.73. The van der Waals surface area contributed by atoms with E-state index in [9.17, 15) is 9.59 Å². The van der Waals surface area contributed by atoms with Crippen LogP contribution in [0.2, 0.25) is 10.0 Å². The molecule has 2 N–H and O–H groups in total. The van der Waals surface area contributed by atoms with Crippen LogP contribution in [0.5, 0.6) is 5.75 Å². The fourth-order valence-corrected chi connectivity index (χ4v) is 2.59. The second-order valence-electron chi connectivity index (χ2n) is 5.15. The number of amides is 2. The maximum atomic E-state index is 11.4. The lowest BCUT2D eigenvalue weighted by Crippen LogP contribution is -2.37. The van der Waals surface area contributed by atoms with E-state index >= 15 is 0 Å². The van der Waals surface area contributed by atoms with Crippen molar-refractivity contribution in [2.24, 2.45) is 5.10 Å². The molecule has 2 rings (SSSR count). The number of benzene rings is 2. The second-order valence-corrected chi connectivity index (χ2v) is 5.96. The van der Waals surface area contributed by atoms with Gasteiger partial charge in [0.25, 0.3) is 0 Å². The quantitative estimate of drug-likeness (QED) is 0.449. The van der Waals surface area contributed by atoms with Crippen molar-refractivity contribution in [1.29, 1.82) is 0 Å². The standard InChI is InChI=1S/C18H17Cl2N3O3/c1-2-21-17(24)18(25)23-22-10-13-8-14(19)16(15(20)9-13)26-11-12-6-4-3-5-7-12/h3-10H,2,11H2,1H3,(H,21,24)(H,23,25)/b22-10-. The molecule has 2 aromatic carbocycles. The van der Waals surface area contributed by atoms with Crippen LogP contribution in [0, 0.1) is 0 Å². The third kappa shape index (κ3) is 5.75. The largest absolute Gasteiger partial charge is 0.486 e. The predicted octanol–water partition coefficient (Wildman–Crippen LogP) is 3.16. The summed E-state index contributed by atoms with van der Waals surface area (Å²) in [6.45, 7) is 2.39. The van der Waals surface area contributed by atoms with E-state index in [0.717, 1.165) is 5.56 Å². The number of nitrogens with zero attached hydrogens (tertiary/aromatic N) is 1. The lowest BCUT2D eigenvalue weighted by Gasteiger charge is -2.11. The van der Waals surface area contributed by atoms with Gasteiger partial charge in [-0.25, -0.2) is 5.43 Å². The maximum absolute atomic E-state index is 11.4. The van der Waals surface area contributed by atoms with Crippen LogP contribution in [0.15, 0.2) is 47.6 Å². The maximum Gasteiger partial charge on any atom is 0.329 e. The number of ether oxygens (including phenoxy) is 1. The molecular formula is C18H17Cl2N3O3. The molecule has 0 aliphatic carbocycles. The highest BCUT2D eigenvalue weighted by atomic mass is 35.5. The Morgan fingerprint density at radius 2 is 1.77 bits per heavy atom. The van der Waals surface area contributed by atoms with Crippen LogP contribution < -0.4 is 15.5 Å². The Hall–Kier alpha value is -2.57. The molecule has 26 heavy (non-hydrogen) atoms. The molecule has 2 amide bonds. The Bertz CT molecular complexity index is 788. The summed E-state index contributed by atoms with van der Waals surface area (Å²) in [6, 6.07) is 12.8. The average Bonchev–Trinajstić information content (AvgIpc) is 2.62. The minimum absolute atomic E-state index is 0.310. The number of likely N-dealkylation sites (N-methyl/N-ethyl adjacent to an activating group) is 1. The van der Waals surface area contributed by atoms with Crippen molar-refractivity contribution in [2.45, 2.75) is 13.5 Å². The average molecular weight is 394 g/mol. The van der Waals surface area contributed by atoms with Gasteiger partial charge in [-0.15, -0.1) is 0 Å². The highest BCUT2D eigenvalue weighted by Gasteiger charge is 2.11. The van der Waals surface area contributed by atoms with Crippen LogP contribution in [-0.4, -0.2) is 24.6 Å². The molecule has 136 valence electrons. The smallest absolute Gasteiger partial charge is 0.329 e. The Morgan fingerprint density at radius 1 is 1.12 bits per heavy atom. The van der Waals surface area contributed by atoms with Gasteiger partial charge in [-0.1, -0.05) is 53.5 Å². The van der Waals surface area contributed by atoms with Crippen molar-refractivity contribution in [3.63, 3.8) is 0 Å². The van der Waals surface area contributed by atoms with Crippen molar-refractivity contribution >= 4 is 41.2 Å². The Labute approximate surface area is 161 Å². The SMILES string of the molecule is CCNC(=O)C(=O)N/N=C\c1cc(Cl)c(OCc2ccccc2)c(Cl)c1. The molecule has 2 aromatic rings. The zero-order chi connectivity index (χ0) is 18.9. The molecule has 0 atom stereocenters. The summed E-state index contributed by atoms with van der Waals surface area (Å²) >= 11 is 12.4. The number of nitrogens with one attached hydrogen (secondary N) is 2. The van der Waals surface area contributed by atoms with E-state index in [1.165, 1.54) is 6.21 Å². The summed E-state index contributed by atoms with van der Waals surface area (Å²) in [5.74, 6) is -1.26. The molecule has 0 saturated carbocycles. The summed E-state index contributed by atoms with van der Waals surface area (Å²) < 4.78 is 5.68. The lowest BCUT2D eigenvalue weighted by molar-refractivity contribution is -0.139. The van der Waals surface area contributed by atoms with Crippen LogP contribution in [0.1, 0.15) is 18.1 Å². The first kappa shape index (κ1) is 19.8. The monoisotopic (exact) mass is 393 g/mol. The molecular weight excluding hydrogens is 377 g/mol. The van der Waals surface area contributed by atoms with Gasteiger partial charge in [-0.05, 0) is 30.2 Å². The first-order chi connectivity index (χ1) is 12.5. The molecule has 0 aromatic heterocycles. The zero-order valence-corrected chi connectivity index (χ0v) is 15.5. The van der Waals surface area contributed by atoms with E-state index in [-0.39, 0.29) is 0 Å². The number of hydrazone groups is 1. The predicted molar refractivity (Wildman–Crippen MR) is 102 cm³/mol. The number of rotatable bonds is 6. The fourth-order valence-electron chi connectivity index (χ4n) is 1.98. The number of hydrogen-bond acceptors (Lipinski definition) is 4. The topological polar surface area (TPSA) is 79.8 Å².